The van der Waals surface area contributed by atoms with Crippen molar-refractivity contribution in [3.63, 3.8) is 0 Å². The van der Waals surface area contributed by atoms with Crippen molar-refractivity contribution in [1.82, 2.24) is 20.2 Å². The summed E-state index contributed by atoms with van der Waals surface area (Å²) < 4.78 is 53.2. The van der Waals surface area contributed by atoms with E-state index in [9.17, 15) is 22.4 Å². The van der Waals surface area contributed by atoms with Crippen LogP contribution in [0.4, 0.5) is 23.2 Å². The van der Waals surface area contributed by atoms with Crippen LogP contribution >= 0.6 is 11.6 Å². The van der Waals surface area contributed by atoms with Crippen molar-refractivity contribution in [1.29, 1.82) is 0 Å². The van der Waals surface area contributed by atoms with E-state index in [2.05, 4.69) is 20.8 Å². The highest BCUT2D eigenvalue weighted by Crippen LogP contribution is 2.34. The predicted molar refractivity (Wildman–Crippen MR) is 83.5 cm³/mol. The number of carbonyl (C=O) groups is 1. The molecule has 26 heavy (non-hydrogen) atoms. The number of hydrogen-bond acceptors (Lipinski definition) is 4. The van der Waals surface area contributed by atoms with Crippen LogP contribution in [0, 0.1) is 5.82 Å². The average molecular weight is 386 g/mol. The summed E-state index contributed by atoms with van der Waals surface area (Å²) in [5, 5.41) is 12.6. The van der Waals surface area contributed by atoms with Crippen molar-refractivity contribution in [2.24, 2.45) is 0 Å². The highest BCUT2D eigenvalue weighted by Gasteiger charge is 2.31. The molecule has 2 aromatic carbocycles. The maximum absolute atomic E-state index is 13.6. The third kappa shape index (κ3) is 3.64. The molecule has 0 saturated carbocycles. The molecule has 0 aliphatic carbocycles. The Morgan fingerprint density at radius 3 is 2.58 bits per heavy atom. The van der Waals surface area contributed by atoms with Gasteiger partial charge in [-0.1, -0.05) is 11.6 Å². The Hall–Kier alpha value is -3.01. The number of rotatable bonds is 3. The van der Waals surface area contributed by atoms with Crippen LogP contribution in [-0.2, 0) is 6.18 Å². The smallest absolute Gasteiger partial charge is 0.321 e. The van der Waals surface area contributed by atoms with Crippen LogP contribution in [0.15, 0.2) is 42.7 Å². The number of amides is 1. The number of nitrogens with one attached hydrogen (secondary N) is 1. The number of carbonyl (C=O) groups excluding carboxylic acids is 1. The van der Waals surface area contributed by atoms with Gasteiger partial charge in [-0.05, 0) is 46.8 Å². The van der Waals surface area contributed by atoms with Crippen molar-refractivity contribution in [3.8, 4) is 5.69 Å². The van der Waals surface area contributed by atoms with Gasteiger partial charge in [0.25, 0.3) is 5.91 Å². The van der Waals surface area contributed by atoms with E-state index >= 15 is 0 Å². The highest BCUT2D eigenvalue weighted by molar-refractivity contribution is 6.34. The molecule has 0 fully saturated rings. The number of anilines is 1. The normalized spacial score (nSPS) is 11.4. The minimum absolute atomic E-state index is 0.105. The van der Waals surface area contributed by atoms with Crippen molar-refractivity contribution in [2.75, 3.05) is 5.32 Å². The number of aromatic nitrogens is 4. The zero-order valence-electron chi connectivity index (χ0n) is 12.6. The van der Waals surface area contributed by atoms with Gasteiger partial charge in [0.05, 0.1) is 27.5 Å². The fraction of sp³-hybridized carbons (Fsp3) is 0.0667. The molecule has 1 aromatic heterocycles. The van der Waals surface area contributed by atoms with Crippen LogP contribution in [-0.4, -0.2) is 26.1 Å². The molecular weight excluding hydrogens is 378 g/mol. The lowest BCUT2D eigenvalue weighted by Crippen LogP contribution is -2.17. The third-order valence-electron chi connectivity index (χ3n) is 3.34. The summed E-state index contributed by atoms with van der Waals surface area (Å²) in [4.78, 5) is 12.5. The number of halogens is 5. The van der Waals surface area contributed by atoms with E-state index in [0.717, 1.165) is 28.9 Å². The Bertz CT molecular complexity index is 959. The average Bonchev–Trinajstić information content (AvgIpc) is 3.10. The van der Waals surface area contributed by atoms with Crippen LogP contribution in [0.25, 0.3) is 5.69 Å². The number of nitrogens with zero attached hydrogens (tertiary/aromatic N) is 4. The van der Waals surface area contributed by atoms with Gasteiger partial charge in [-0.25, -0.2) is 4.39 Å². The molecule has 1 heterocycles. The molecule has 0 atom stereocenters. The lowest BCUT2D eigenvalue weighted by atomic mass is 10.1. The van der Waals surface area contributed by atoms with Crippen molar-refractivity contribution in [3.05, 3.63) is 64.7 Å². The monoisotopic (exact) mass is 385 g/mol. The van der Waals surface area contributed by atoms with E-state index < -0.39 is 23.5 Å². The minimum atomic E-state index is -4.61. The molecule has 0 unspecified atom stereocenters. The summed E-state index contributed by atoms with van der Waals surface area (Å²) in [5.41, 5.74) is -1.31. The molecule has 1 amide bonds. The minimum Gasteiger partial charge on any atom is -0.321 e. The molecule has 0 radical (unpaired) electrons. The SMILES string of the molecule is O=C(Nc1cc(C(F)(F)F)ccc1Cl)c1cc(F)ccc1-n1cnnn1. The van der Waals surface area contributed by atoms with Gasteiger partial charge < -0.3 is 5.32 Å². The second kappa shape index (κ2) is 6.71. The Balaban J connectivity index is 1.98. The van der Waals surface area contributed by atoms with Gasteiger partial charge in [0.1, 0.15) is 12.1 Å². The van der Waals surface area contributed by atoms with Crippen LogP contribution < -0.4 is 5.32 Å². The maximum atomic E-state index is 13.6. The summed E-state index contributed by atoms with van der Waals surface area (Å²) in [7, 11) is 0. The predicted octanol–water partition coefficient (Wildman–Crippen LogP) is 3.73. The van der Waals surface area contributed by atoms with Gasteiger partial charge in [0, 0.05) is 0 Å². The second-order valence-electron chi connectivity index (χ2n) is 5.06. The number of tetrazole rings is 1. The molecule has 11 heteroatoms. The topological polar surface area (TPSA) is 72.7 Å². The molecule has 0 spiro atoms. The molecule has 0 aliphatic heterocycles. The molecule has 0 bridgehead atoms. The first kappa shape index (κ1) is 17.8. The zero-order valence-corrected chi connectivity index (χ0v) is 13.4. The van der Waals surface area contributed by atoms with E-state index in [1.807, 2.05) is 0 Å². The van der Waals surface area contributed by atoms with Crippen LogP contribution in [0.2, 0.25) is 5.02 Å². The first-order chi connectivity index (χ1) is 12.3. The fourth-order valence-corrected chi connectivity index (χ4v) is 2.31. The van der Waals surface area contributed by atoms with Gasteiger partial charge in [0.2, 0.25) is 0 Å². The van der Waals surface area contributed by atoms with Gasteiger partial charge in [-0.2, -0.15) is 17.9 Å². The fourth-order valence-electron chi connectivity index (χ4n) is 2.15. The Morgan fingerprint density at radius 2 is 1.92 bits per heavy atom. The molecule has 0 saturated heterocycles. The number of benzene rings is 2. The number of hydrogen-bond donors (Lipinski definition) is 1. The van der Waals surface area contributed by atoms with E-state index in [4.69, 9.17) is 11.6 Å². The summed E-state index contributed by atoms with van der Waals surface area (Å²) in [6.45, 7) is 0. The second-order valence-corrected chi connectivity index (χ2v) is 5.47. The van der Waals surface area contributed by atoms with Crippen LogP contribution in [0.3, 0.4) is 0 Å². The molecule has 0 aliphatic rings. The molecule has 3 rings (SSSR count). The Morgan fingerprint density at radius 1 is 1.15 bits per heavy atom. The summed E-state index contributed by atoms with van der Waals surface area (Å²) in [5.74, 6) is -1.60. The lowest BCUT2D eigenvalue weighted by Gasteiger charge is -2.13. The molecule has 1 N–H and O–H groups in total. The molecule has 6 nitrogen and oxygen atoms in total. The van der Waals surface area contributed by atoms with Gasteiger partial charge >= 0.3 is 6.18 Å². The van der Waals surface area contributed by atoms with E-state index in [0.29, 0.717) is 6.07 Å². The zero-order chi connectivity index (χ0) is 18.9. The maximum Gasteiger partial charge on any atom is 0.416 e. The number of alkyl halides is 3. The molecule has 3 aromatic rings. The molecule has 134 valence electrons. The van der Waals surface area contributed by atoms with E-state index in [1.165, 1.54) is 12.4 Å². The first-order valence-corrected chi connectivity index (χ1v) is 7.34. The summed E-state index contributed by atoms with van der Waals surface area (Å²) in [6.07, 6.45) is -3.43. The van der Waals surface area contributed by atoms with E-state index in [1.54, 1.807) is 0 Å². The van der Waals surface area contributed by atoms with E-state index in [-0.39, 0.29) is 22.0 Å². The van der Waals surface area contributed by atoms with Crippen LogP contribution in [0.5, 0.6) is 0 Å². The Kier molecular flexibility index (Phi) is 4.60. The van der Waals surface area contributed by atoms with Crippen molar-refractivity contribution >= 4 is 23.2 Å². The van der Waals surface area contributed by atoms with Crippen molar-refractivity contribution in [2.45, 2.75) is 6.18 Å². The van der Waals surface area contributed by atoms with Gasteiger partial charge in [-0.3, -0.25) is 4.79 Å². The first-order valence-electron chi connectivity index (χ1n) is 6.97. The molecular formula is C15H8ClF4N5O. The highest BCUT2D eigenvalue weighted by atomic mass is 35.5. The summed E-state index contributed by atoms with van der Waals surface area (Å²) in [6, 6.07) is 5.74. The van der Waals surface area contributed by atoms with Gasteiger partial charge in [-0.15, -0.1) is 5.10 Å². The van der Waals surface area contributed by atoms with Gasteiger partial charge in [0.15, 0.2) is 0 Å². The standard InChI is InChI=1S/C15H8ClF4N5O/c16-11-3-1-8(15(18,19)20)5-12(11)22-14(26)10-6-9(17)2-4-13(10)25-7-21-23-24-25/h1-7H,(H,22,26). The largest absolute Gasteiger partial charge is 0.416 e. The van der Waals surface area contributed by atoms with Crippen LogP contribution in [0.1, 0.15) is 15.9 Å². The van der Waals surface area contributed by atoms with Crippen molar-refractivity contribution < 1.29 is 22.4 Å². The summed E-state index contributed by atoms with van der Waals surface area (Å²) >= 11 is 5.85. The Labute approximate surface area is 148 Å². The third-order valence-corrected chi connectivity index (χ3v) is 3.67. The lowest BCUT2D eigenvalue weighted by molar-refractivity contribution is -0.137. The quantitative estimate of drug-likeness (QED) is 0.697.